The Labute approximate surface area is 219 Å². The molecule has 0 fully saturated rings. The predicted molar refractivity (Wildman–Crippen MR) is 159 cm³/mol. The molecule has 3 atom stereocenters. The minimum absolute atomic E-state index is 0.941. The van der Waals surface area contributed by atoms with Crippen LogP contribution in [0.2, 0.25) is 0 Å². The zero-order valence-corrected chi connectivity index (χ0v) is 25.1. The van der Waals surface area contributed by atoms with E-state index in [0.717, 1.165) is 17.8 Å². The van der Waals surface area contributed by atoms with E-state index in [1.54, 1.807) is 0 Å². The zero-order valence-electron chi connectivity index (χ0n) is 25.1. The molecule has 0 aliphatic rings. The first-order chi connectivity index (χ1) is 16.6. The molecule has 0 nitrogen and oxygen atoms in total. The lowest BCUT2D eigenvalue weighted by molar-refractivity contribution is 0.389. The van der Waals surface area contributed by atoms with Gasteiger partial charge in [-0.15, -0.1) is 0 Å². The maximum Gasteiger partial charge on any atom is -0.0443 e. The summed E-state index contributed by atoms with van der Waals surface area (Å²) in [6.07, 6.45) is 38.1. The van der Waals surface area contributed by atoms with E-state index in [1.807, 2.05) is 0 Å². The molecular formula is C34H70. The maximum atomic E-state index is 2.51. The van der Waals surface area contributed by atoms with Crippen molar-refractivity contribution < 1.29 is 0 Å². The fraction of sp³-hybridized carbons (Fsp3) is 1.00. The molecule has 0 saturated carbocycles. The Morgan fingerprint density at radius 1 is 0.294 bits per heavy atom. The lowest BCUT2D eigenvalue weighted by Gasteiger charge is -2.14. The SMILES string of the molecule is CCCCCCCCCCCCCCCCC(C)CCCC(C)CCCCCCCC(C)CC. The van der Waals surface area contributed by atoms with Crippen molar-refractivity contribution in [2.75, 3.05) is 0 Å². The standard InChI is InChI=1S/C34H70/c1-6-8-9-10-11-12-13-14-15-16-17-18-20-24-28-33(4)30-26-31-34(5)29-25-22-19-21-23-27-32(3)7-2/h32-34H,6-31H2,1-5H3. The Kier molecular flexibility index (Phi) is 27.6. The number of unbranched alkanes of at least 4 members (excludes halogenated alkanes) is 17. The van der Waals surface area contributed by atoms with Gasteiger partial charge in [-0.3, -0.25) is 0 Å². The monoisotopic (exact) mass is 479 g/mol. The van der Waals surface area contributed by atoms with Gasteiger partial charge in [0, 0.05) is 0 Å². The molecule has 0 aromatic heterocycles. The van der Waals surface area contributed by atoms with Crippen molar-refractivity contribution in [3.8, 4) is 0 Å². The first kappa shape index (κ1) is 34.0. The molecule has 0 aromatic rings. The van der Waals surface area contributed by atoms with Gasteiger partial charge in [-0.1, -0.05) is 202 Å². The van der Waals surface area contributed by atoms with E-state index < -0.39 is 0 Å². The highest BCUT2D eigenvalue weighted by atomic mass is 14.1. The second-order valence-electron chi connectivity index (χ2n) is 12.4. The maximum absolute atomic E-state index is 2.51. The Balaban J connectivity index is 3.29. The Morgan fingerprint density at radius 3 is 0.882 bits per heavy atom. The summed E-state index contributed by atoms with van der Waals surface area (Å²) in [5, 5.41) is 0. The first-order valence-corrected chi connectivity index (χ1v) is 16.6. The molecule has 0 saturated heterocycles. The molecule has 0 rings (SSSR count). The zero-order chi connectivity index (χ0) is 25.1. The van der Waals surface area contributed by atoms with E-state index in [-0.39, 0.29) is 0 Å². The van der Waals surface area contributed by atoms with E-state index >= 15 is 0 Å². The van der Waals surface area contributed by atoms with Crippen LogP contribution in [0.15, 0.2) is 0 Å². The highest BCUT2D eigenvalue weighted by Gasteiger charge is 2.06. The molecule has 0 spiro atoms. The van der Waals surface area contributed by atoms with E-state index in [4.69, 9.17) is 0 Å². The molecule has 0 aromatic carbocycles. The lowest BCUT2D eigenvalue weighted by Crippen LogP contribution is -1.99. The molecule has 3 unspecified atom stereocenters. The van der Waals surface area contributed by atoms with Crippen LogP contribution in [0.3, 0.4) is 0 Å². The fourth-order valence-corrected chi connectivity index (χ4v) is 5.51. The Morgan fingerprint density at radius 2 is 0.559 bits per heavy atom. The van der Waals surface area contributed by atoms with Crippen molar-refractivity contribution in [3.05, 3.63) is 0 Å². The molecule has 0 amide bonds. The third-order valence-electron chi connectivity index (χ3n) is 8.54. The summed E-state index contributed by atoms with van der Waals surface area (Å²) in [4.78, 5) is 0. The van der Waals surface area contributed by atoms with Gasteiger partial charge >= 0.3 is 0 Å². The Hall–Kier alpha value is 0. The largest absolute Gasteiger partial charge is 0.0654 e. The quantitative estimate of drug-likeness (QED) is 0.0980. The van der Waals surface area contributed by atoms with Gasteiger partial charge in [0.1, 0.15) is 0 Å². The van der Waals surface area contributed by atoms with E-state index in [9.17, 15) is 0 Å². The summed E-state index contributed by atoms with van der Waals surface area (Å²) in [7, 11) is 0. The van der Waals surface area contributed by atoms with E-state index in [2.05, 4.69) is 34.6 Å². The Bertz CT molecular complexity index is 359. The summed E-state index contributed by atoms with van der Waals surface area (Å²) < 4.78 is 0. The van der Waals surface area contributed by atoms with Crippen molar-refractivity contribution in [1.82, 2.24) is 0 Å². The molecule has 0 aliphatic heterocycles. The summed E-state index contributed by atoms with van der Waals surface area (Å²) in [5.74, 6) is 2.85. The first-order valence-electron chi connectivity index (χ1n) is 16.6. The van der Waals surface area contributed by atoms with Crippen LogP contribution in [0.4, 0.5) is 0 Å². The van der Waals surface area contributed by atoms with E-state index in [1.165, 1.54) is 167 Å². The average Bonchev–Trinajstić information content (AvgIpc) is 2.83. The molecule has 0 heterocycles. The van der Waals surface area contributed by atoms with Gasteiger partial charge in [0.15, 0.2) is 0 Å². The predicted octanol–water partition coefficient (Wildman–Crippen LogP) is 13.1. The number of rotatable bonds is 28. The molecular weight excluding hydrogens is 408 g/mol. The van der Waals surface area contributed by atoms with Gasteiger partial charge < -0.3 is 0 Å². The third kappa shape index (κ3) is 26.6. The molecule has 206 valence electrons. The normalized spacial score (nSPS) is 14.4. The molecule has 34 heavy (non-hydrogen) atoms. The summed E-state index contributed by atoms with van der Waals surface area (Å²) >= 11 is 0. The molecule has 0 heteroatoms. The van der Waals surface area contributed by atoms with Crippen LogP contribution in [-0.2, 0) is 0 Å². The van der Waals surface area contributed by atoms with Crippen LogP contribution >= 0.6 is 0 Å². The highest BCUT2D eigenvalue weighted by Crippen LogP contribution is 2.22. The molecule has 0 aliphatic carbocycles. The average molecular weight is 479 g/mol. The molecule has 0 bridgehead atoms. The number of hydrogen-bond donors (Lipinski definition) is 0. The van der Waals surface area contributed by atoms with E-state index in [0.29, 0.717) is 0 Å². The molecule has 0 radical (unpaired) electrons. The van der Waals surface area contributed by atoms with Crippen LogP contribution in [0.1, 0.15) is 202 Å². The van der Waals surface area contributed by atoms with Crippen molar-refractivity contribution in [2.45, 2.75) is 202 Å². The van der Waals surface area contributed by atoms with Crippen molar-refractivity contribution >= 4 is 0 Å². The summed E-state index contributed by atoms with van der Waals surface area (Å²) in [6.45, 7) is 12.0. The minimum atomic E-state index is 0.941. The minimum Gasteiger partial charge on any atom is -0.0654 e. The second-order valence-corrected chi connectivity index (χ2v) is 12.4. The van der Waals surface area contributed by atoms with Gasteiger partial charge in [-0.05, 0) is 17.8 Å². The van der Waals surface area contributed by atoms with Crippen molar-refractivity contribution in [3.63, 3.8) is 0 Å². The van der Waals surface area contributed by atoms with Crippen LogP contribution < -0.4 is 0 Å². The number of hydrogen-bond acceptors (Lipinski definition) is 0. The van der Waals surface area contributed by atoms with Crippen LogP contribution in [0.5, 0.6) is 0 Å². The van der Waals surface area contributed by atoms with Gasteiger partial charge in [-0.25, -0.2) is 0 Å². The fourth-order valence-electron chi connectivity index (χ4n) is 5.51. The van der Waals surface area contributed by atoms with Gasteiger partial charge in [0.2, 0.25) is 0 Å². The van der Waals surface area contributed by atoms with Crippen LogP contribution in [-0.4, -0.2) is 0 Å². The van der Waals surface area contributed by atoms with Crippen molar-refractivity contribution in [1.29, 1.82) is 0 Å². The highest BCUT2D eigenvalue weighted by molar-refractivity contribution is 4.60. The smallest absolute Gasteiger partial charge is 0.0443 e. The third-order valence-corrected chi connectivity index (χ3v) is 8.54. The molecule has 0 N–H and O–H groups in total. The van der Waals surface area contributed by atoms with Crippen molar-refractivity contribution in [2.24, 2.45) is 17.8 Å². The van der Waals surface area contributed by atoms with Gasteiger partial charge in [0.25, 0.3) is 0 Å². The topological polar surface area (TPSA) is 0 Å². The van der Waals surface area contributed by atoms with Crippen LogP contribution in [0, 0.1) is 17.8 Å². The second kappa shape index (κ2) is 27.6. The van der Waals surface area contributed by atoms with Crippen LogP contribution in [0.25, 0.3) is 0 Å². The summed E-state index contributed by atoms with van der Waals surface area (Å²) in [6, 6.07) is 0. The lowest BCUT2D eigenvalue weighted by atomic mass is 9.92. The summed E-state index contributed by atoms with van der Waals surface area (Å²) in [5.41, 5.74) is 0. The van der Waals surface area contributed by atoms with Gasteiger partial charge in [0.05, 0.1) is 0 Å². The van der Waals surface area contributed by atoms with Gasteiger partial charge in [-0.2, -0.15) is 0 Å².